The van der Waals surface area contributed by atoms with Crippen molar-refractivity contribution in [3.63, 3.8) is 0 Å². The number of halogens is 2. The number of nitrogens with zero attached hydrogens (tertiary/aromatic N) is 1. The quantitative estimate of drug-likeness (QED) is 0.644. The second kappa shape index (κ2) is 7.09. The summed E-state index contributed by atoms with van der Waals surface area (Å²) in [7, 11) is -1.81. The van der Waals surface area contributed by atoms with E-state index in [1.54, 1.807) is 18.2 Å². The summed E-state index contributed by atoms with van der Waals surface area (Å²) in [6, 6.07) is 5.04. The molecule has 0 saturated carbocycles. The van der Waals surface area contributed by atoms with Crippen molar-refractivity contribution in [3.8, 4) is 0 Å². The van der Waals surface area contributed by atoms with Crippen molar-refractivity contribution in [2.24, 2.45) is 5.16 Å². The van der Waals surface area contributed by atoms with Crippen LogP contribution in [0.3, 0.4) is 0 Å². The number of sulfonamides is 1. The molecule has 1 aromatic carbocycles. The first-order valence-corrected chi connectivity index (χ1v) is 7.98. The third kappa shape index (κ3) is 5.78. The number of oxime groups is 1. The van der Waals surface area contributed by atoms with Crippen molar-refractivity contribution < 1.29 is 13.3 Å². The second-order valence-electron chi connectivity index (χ2n) is 3.77. The molecule has 106 valence electrons. The summed E-state index contributed by atoms with van der Waals surface area (Å²) in [6.07, 6.45) is 1.47. The maximum absolute atomic E-state index is 11.0. The summed E-state index contributed by atoms with van der Waals surface area (Å²) < 4.78 is 24.4. The maximum atomic E-state index is 11.0. The molecule has 0 spiro atoms. The highest BCUT2D eigenvalue weighted by atomic mass is 35.5. The van der Waals surface area contributed by atoms with Crippen LogP contribution in [0.1, 0.15) is 12.0 Å². The normalized spacial score (nSPS) is 12.5. The summed E-state index contributed by atoms with van der Waals surface area (Å²) in [6.45, 7) is 0.223. The lowest BCUT2D eigenvalue weighted by atomic mass is 10.1. The van der Waals surface area contributed by atoms with E-state index < -0.39 is 10.0 Å². The Morgan fingerprint density at radius 2 is 2.05 bits per heavy atom. The maximum Gasteiger partial charge on any atom is 0.208 e. The highest BCUT2D eigenvalue weighted by Gasteiger charge is 2.09. The minimum absolute atomic E-state index is 0.223. The van der Waals surface area contributed by atoms with Gasteiger partial charge in [0.25, 0.3) is 0 Å². The largest absolute Gasteiger partial charge is 0.399 e. The lowest BCUT2D eigenvalue weighted by molar-refractivity contribution is 0.213. The Morgan fingerprint density at radius 1 is 1.37 bits per heavy atom. The van der Waals surface area contributed by atoms with Gasteiger partial charge < -0.3 is 4.84 Å². The lowest BCUT2D eigenvalue weighted by Gasteiger charge is -2.07. The molecule has 0 aliphatic carbocycles. The molecule has 0 atom stereocenters. The first-order valence-electron chi connectivity index (χ1n) is 5.33. The SMILES string of the molecule is CO/N=C(\CCNS(C)(=O)=O)c1ccc(Cl)c(Cl)c1. The zero-order chi connectivity index (χ0) is 14.5. The van der Waals surface area contributed by atoms with Crippen molar-refractivity contribution in [2.75, 3.05) is 19.9 Å². The molecule has 0 unspecified atom stereocenters. The number of nitrogens with one attached hydrogen (secondary N) is 1. The fourth-order valence-corrected chi connectivity index (χ4v) is 2.15. The van der Waals surface area contributed by atoms with Gasteiger partial charge in [-0.1, -0.05) is 34.4 Å². The molecule has 1 rings (SSSR count). The Hall–Kier alpha value is -0.820. The first-order chi connectivity index (χ1) is 8.83. The van der Waals surface area contributed by atoms with E-state index in [0.717, 1.165) is 11.8 Å². The summed E-state index contributed by atoms with van der Waals surface area (Å²) >= 11 is 11.8. The van der Waals surface area contributed by atoms with Crippen LogP contribution in [0.4, 0.5) is 0 Å². The topological polar surface area (TPSA) is 67.8 Å². The Morgan fingerprint density at radius 3 is 2.58 bits per heavy atom. The van der Waals surface area contributed by atoms with Crippen LogP contribution in [0.25, 0.3) is 0 Å². The molecule has 0 saturated heterocycles. The van der Waals surface area contributed by atoms with Gasteiger partial charge >= 0.3 is 0 Å². The predicted octanol–water partition coefficient (Wildman–Crippen LogP) is 2.28. The van der Waals surface area contributed by atoms with Gasteiger partial charge in [0.1, 0.15) is 7.11 Å². The lowest BCUT2D eigenvalue weighted by Crippen LogP contribution is -2.25. The molecule has 1 N–H and O–H groups in total. The molecule has 0 fully saturated rings. The van der Waals surface area contributed by atoms with Crippen LogP contribution in [-0.2, 0) is 14.9 Å². The zero-order valence-corrected chi connectivity index (χ0v) is 12.8. The fourth-order valence-electron chi connectivity index (χ4n) is 1.38. The molecule has 0 aliphatic heterocycles. The van der Waals surface area contributed by atoms with E-state index in [4.69, 9.17) is 28.0 Å². The number of rotatable bonds is 6. The van der Waals surface area contributed by atoms with Crippen LogP contribution in [0.2, 0.25) is 10.0 Å². The van der Waals surface area contributed by atoms with E-state index in [1.165, 1.54) is 7.11 Å². The second-order valence-corrected chi connectivity index (χ2v) is 6.41. The van der Waals surface area contributed by atoms with Crippen molar-refractivity contribution in [2.45, 2.75) is 6.42 Å². The van der Waals surface area contributed by atoms with Gasteiger partial charge in [-0.2, -0.15) is 0 Å². The molecule has 0 aliphatic rings. The highest BCUT2D eigenvalue weighted by molar-refractivity contribution is 7.88. The summed E-state index contributed by atoms with van der Waals surface area (Å²) in [5, 5.41) is 4.71. The molecule has 0 aromatic heterocycles. The van der Waals surface area contributed by atoms with Gasteiger partial charge in [0, 0.05) is 18.5 Å². The molecule has 0 radical (unpaired) electrons. The van der Waals surface area contributed by atoms with E-state index in [-0.39, 0.29) is 6.54 Å². The minimum atomic E-state index is -3.22. The van der Waals surface area contributed by atoms with Crippen LogP contribution in [0.15, 0.2) is 23.4 Å². The molecule has 0 bridgehead atoms. The van der Waals surface area contributed by atoms with Crippen molar-refractivity contribution >= 4 is 38.9 Å². The monoisotopic (exact) mass is 324 g/mol. The molecular weight excluding hydrogens is 311 g/mol. The summed E-state index contributed by atoms with van der Waals surface area (Å²) in [4.78, 5) is 4.75. The van der Waals surface area contributed by atoms with Crippen molar-refractivity contribution in [1.82, 2.24) is 4.72 Å². The summed E-state index contributed by atoms with van der Waals surface area (Å²) in [5.74, 6) is 0. The van der Waals surface area contributed by atoms with Crippen LogP contribution in [0.5, 0.6) is 0 Å². The van der Waals surface area contributed by atoms with Crippen molar-refractivity contribution in [3.05, 3.63) is 33.8 Å². The highest BCUT2D eigenvalue weighted by Crippen LogP contribution is 2.23. The molecule has 5 nitrogen and oxygen atoms in total. The number of benzene rings is 1. The van der Waals surface area contributed by atoms with Crippen LogP contribution >= 0.6 is 23.2 Å². The van der Waals surface area contributed by atoms with E-state index in [0.29, 0.717) is 22.2 Å². The average Bonchev–Trinajstić information content (AvgIpc) is 2.30. The van der Waals surface area contributed by atoms with E-state index in [9.17, 15) is 8.42 Å². The fraction of sp³-hybridized carbons (Fsp3) is 0.364. The van der Waals surface area contributed by atoms with E-state index in [2.05, 4.69) is 9.88 Å². The molecule has 19 heavy (non-hydrogen) atoms. The van der Waals surface area contributed by atoms with E-state index >= 15 is 0 Å². The Kier molecular flexibility index (Phi) is 6.06. The number of hydrogen-bond donors (Lipinski definition) is 1. The zero-order valence-electron chi connectivity index (χ0n) is 10.5. The molecule has 8 heteroatoms. The van der Waals surface area contributed by atoms with Gasteiger partial charge in [0.15, 0.2) is 0 Å². The van der Waals surface area contributed by atoms with E-state index in [1.807, 2.05) is 0 Å². The van der Waals surface area contributed by atoms with Crippen LogP contribution in [0, 0.1) is 0 Å². The van der Waals surface area contributed by atoms with Crippen molar-refractivity contribution in [1.29, 1.82) is 0 Å². The average molecular weight is 325 g/mol. The number of hydrogen-bond acceptors (Lipinski definition) is 4. The van der Waals surface area contributed by atoms with Gasteiger partial charge in [-0.15, -0.1) is 0 Å². The third-order valence-corrected chi connectivity index (χ3v) is 3.65. The first kappa shape index (κ1) is 16.2. The molecule has 1 aromatic rings. The minimum Gasteiger partial charge on any atom is -0.399 e. The van der Waals surface area contributed by atoms with Gasteiger partial charge in [-0.3, -0.25) is 0 Å². The Labute approximate surface area is 122 Å². The van der Waals surface area contributed by atoms with Gasteiger partial charge in [0.05, 0.1) is 22.0 Å². The molecule has 0 amide bonds. The van der Waals surface area contributed by atoms with Gasteiger partial charge in [-0.05, 0) is 12.1 Å². The Bertz CT molecular complexity index is 573. The van der Waals surface area contributed by atoms with Crippen LogP contribution < -0.4 is 4.72 Å². The van der Waals surface area contributed by atoms with Crippen LogP contribution in [-0.4, -0.2) is 34.0 Å². The predicted molar refractivity (Wildman–Crippen MR) is 77.5 cm³/mol. The summed E-state index contributed by atoms with van der Waals surface area (Å²) in [5.41, 5.74) is 1.31. The molecular formula is C11H14Cl2N2O3S. The Balaban J connectivity index is 2.83. The van der Waals surface area contributed by atoms with Gasteiger partial charge in [0.2, 0.25) is 10.0 Å². The smallest absolute Gasteiger partial charge is 0.208 e. The molecule has 0 heterocycles. The standard InChI is InChI=1S/C11H14Cl2N2O3S/c1-18-15-11(5-6-14-19(2,16)17)8-3-4-9(12)10(13)7-8/h3-4,7,14H,5-6H2,1-2H3/b15-11+. The third-order valence-electron chi connectivity index (χ3n) is 2.18. The van der Waals surface area contributed by atoms with Gasteiger partial charge in [-0.25, -0.2) is 13.1 Å².